The molecule has 0 aromatic heterocycles. The number of ether oxygens (including phenoxy) is 2. The summed E-state index contributed by atoms with van der Waals surface area (Å²) in [4.78, 5) is 43.2. The highest BCUT2D eigenvalue weighted by atomic mass is 16.5. The number of Topliss-reactive ketones (excluding diaryl/α,β-unsaturated/α-hetero) is 1. The fourth-order valence-electron chi connectivity index (χ4n) is 5.68. The topological polar surface area (TPSA) is 98.9 Å². The third kappa shape index (κ3) is 3.29. The number of anilines is 1. The molecule has 2 aromatic rings. The molecule has 0 unspecified atom stereocenters. The molecule has 0 fully saturated rings. The van der Waals surface area contributed by atoms with Crippen molar-refractivity contribution in [2.24, 2.45) is 5.73 Å². The number of hydrogen-bond acceptors (Lipinski definition) is 6. The van der Waals surface area contributed by atoms with Crippen LogP contribution in [0.2, 0.25) is 0 Å². The molecule has 3 aliphatic rings. The molecule has 0 bridgehead atoms. The van der Waals surface area contributed by atoms with E-state index in [-0.39, 0.29) is 47.7 Å². The molecule has 7 nitrogen and oxygen atoms in total. The lowest BCUT2D eigenvalue weighted by Gasteiger charge is -2.40. The van der Waals surface area contributed by atoms with E-state index in [4.69, 9.17) is 15.2 Å². The van der Waals surface area contributed by atoms with Gasteiger partial charge < -0.3 is 20.1 Å². The summed E-state index contributed by atoms with van der Waals surface area (Å²) >= 11 is 0. The quantitative estimate of drug-likeness (QED) is 0.664. The van der Waals surface area contributed by atoms with Gasteiger partial charge in [-0.15, -0.1) is 0 Å². The fourth-order valence-corrected chi connectivity index (χ4v) is 5.68. The maximum absolute atomic E-state index is 14.3. The van der Waals surface area contributed by atoms with Crippen LogP contribution >= 0.6 is 0 Å². The number of esters is 1. The van der Waals surface area contributed by atoms with Crippen LogP contribution < -0.4 is 10.6 Å². The van der Waals surface area contributed by atoms with Crippen LogP contribution in [0.15, 0.2) is 77.4 Å². The van der Waals surface area contributed by atoms with Crippen molar-refractivity contribution < 1.29 is 23.9 Å². The average molecular weight is 473 g/mol. The summed E-state index contributed by atoms with van der Waals surface area (Å²) in [5.74, 6) is -1.30. The maximum atomic E-state index is 14.3. The van der Waals surface area contributed by atoms with E-state index in [0.29, 0.717) is 36.4 Å². The first-order chi connectivity index (χ1) is 16.9. The number of amides is 1. The van der Waals surface area contributed by atoms with Gasteiger partial charge in [0.2, 0.25) is 11.8 Å². The molecule has 35 heavy (non-hydrogen) atoms. The number of nitrogens with zero attached hydrogens (tertiary/aromatic N) is 1. The maximum Gasteiger partial charge on any atom is 0.341 e. The highest BCUT2D eigenvalue weighted by molar-refractivity contribution is 6.23. The third-order valence-electron chi connectivity index (χ3n) is 7.01. The highest BCUT2D eigenvalue weighted by Crippen LogP contribution is 2.57. The zero-order valence-corrected chi connectivity index (χ0v) is 19.9. The van der Waals surface area contributed by atoms with E-state index < -0.39 is 11.4 Å². The van der Waals surface area contributed by atoms with Crippen LogP contribution in [-0.2, 0) is 29.3 Å². The zero-order valence-electron chi connectivity index (χ0n) is 19.9. The number of allylic oxidation sites excluding steroid dienone is 1. The molecule has 0 saturated carbocycles. The largest absolute Gasteiger partial charge is 0.462 e. The first-order valence-corrected chi connectivity index (χ1v) is 12.0. The van der Waals surface area contributed by atoms with Crippen LogP contribution in [0.5, 0.6) is 0 Å². The van der Waals surface area contributed by atoms with Gasteiger partial charge in [-0.3, -0.25) is 9.59 Å². The van der Waals surface area contributed by atoms with Gasteiger partial charge in [-0.2, -0.15) is 0 Å². The lowest BCUT2D eigenvalue weighted by molar-refractivity contribution is -0.141. The predicted molar refractivity (Wildman–Crippen MR) is 130 cm³/mol. The Morgan fingerprint density at radius 3 is 2.51 bits per heavy atom. The molecule has 0 radical (unpaired) electrons. The van der Waals surface area contributed by atoms with Crippen LogP contribution in [0.3, 0.4) is 0 Å². The Morgan fingerprint density at radius 1 is 1.09 bits per heavy atom. The van der Waals surface area contributed by atoms with Crippen LogP contribution in [0.4, 0.5) is 5.69 Å². The van der Waals surface area contributed by atoms with Gasteiger partial charge in [0.25, 0.3) is 0 Å². The van der Waals surface area contributed by atoms with Gasteiger partial charge in [0, 0.05) is 30.6 Å². The van der Waals surface area contributed by atoms with Crippen LogP contribution in [0.1, 0.15) is 50.2 Å². The molecule has 5 rings (SSSR count). The Labute approximate surface area is 204 Å². The van der Waals surface area contributed by atoms with Gasteiger partial charge in [-0.05, 0) is 30.9 Å². The number of ketones is 1. The van der Waals surface area contributed by atoms with Crippen molar-refractivity contribution in [3.8, 4) is 0 Å². The van der Waals surface area contributed by atoms with Crippen molar-refractivity contribution in [1.82, 2.24) is 0 Å². The zero-order chi connectivity index (χ0) is 24.7. The Bertz CT molecular complexity index is 1280. The van der Waals surface area contributed by atoms with E-state index in [1.807, 2.05) is 49.4 Å². The van der Waals surface area contributed by atoms with Gasteiger partial charge in [0.05, 0.1) is 12.2 Å². The van der Waals surface area contributed by atoms with E-state index >= 15 is 0 Å². The van der Waals surface area contributed by atoms with Crippen LogP contribution in [-0.4, -0.2) is 30.8 Å². The lowest BCUT2D eigenvalue weighted by atomic mass is 9.63. The summed E-state index contributed by atoms with van der Waals surface area (Å²) in [5, 5.41) is 0. The third-order valence-corrected chi connectivity index (χ3v) is 7.01. The summed E-state index contributed by atoms with van der Waals surface area (Å²) in [5.41, 5.74) is 7.03. The summed E-state index contributed by atoms with van der Waals surface area (Å²) < 4.78 is 11.3. The van der Waals surface area contributed by atoms with E-state index in [0.717, 1.165) is 5.56 Å². The molecule has 2 aromatic carbocycles. The van der Waals surface area contributed by atoms with E-state index in [9.17, 15) is 14.4 Å². The van der Waals surface area contributed by atoms with Gasteiger partial charge >= 0.3 is 5.97 Å². The molecule has 7 heteroatoms. The number of carbonyl (C=O) groups excluding carboxylic acids is 3. The molecule has 2 aliphatic heterocycles. The average Bonchev–Trinajstić information content (AvgIpc) is 3.08. The first kappa shape index (κ1) is 22.9. The van der Waals surface area contributed by atoms with Crippen molar-refractivity contribution in [2.45, 2.75) is 44.4 Å². The molecule has 2 heterocycles. The molecule has 1 spiro atoms. The van der Waals surface area contributed by atoms with Crippen LogP contribution in [0, 0.1) is 0 Å². The number of benzene rings is 2. The number of fused-ring (bicyclic) bond motifs is 3. The smallest absolute Gasteiger partial charge is 0.341 e. The van der Waals surface area contributed by atoms with Crippen LogP contribution in [0.25, 0.3) is 0 Å². The summed E-state index contributed by atoms with van der Waals surface area (Å²) in [6.45, 7) is 4.19. The monoisotopic (exact) mass is 472 g/mol. The van der Waals surface area contributed by atoms with Crippen molar-refractivity contribution in [1.29, 1.82) is 0 Å². The molecule has 2 atom stereocenters. The van der Waals surface area contributed by atoms with Gasteiger partial charge in [0.15, 0.2) is 5.78 Å². The Hall–Kier alpha value is -3.87. The molecule has 2 N–H and O–H groups in total. The summed E-state index contributed by atoms with van der Waals surface area (Å²) in [6, 6.07) is 17.0. The van der Waals surface area contributed by atoms with Gasteiger partial charge in [0.1, 0.15) is 16.7 Å². The van der Waals surface area contributed by atoms with Crippen molar-refractivity contribution >= 4 is 23.3 Å². The minimum absolute atomic E-state index is 0.0934. The number of hydrogen-bond donors (Lipinski definition) is 1. The van der Waals surface area contributed by atoms with Crippen molar-refractivity contribution in [3.63, 3.8) is 0 Å². The summed E-state index contributed by atoms with van der Waals surface area (Å²) in [7, 11) is 0. The van der Waals surface area contributed by atoms with E-state index in [2.05, 4.69) is 0 Å². The summed E-state index contributed by atoms with van der Waals surface area (Å²) in [6.07, 6.45) is 1.30. The molecule has 1 aliphatic carbocycles. The number of carbonyl (C=O) groups is 3. The minimum atomic E-state index is -1.69. The molecular weight excluding hydrogens is 444 g/mol. The van der Waals surface area contributed by atoms with Crippen molar-refractivity contribution in [2.75, 3.05) is 18.1 Å². The second kappa shape index (κ2) is 8.73. The first-order valence-electron chi connectivity index (χ1n) is 12.0. The molecular formula is C28H28N2O5. The molecule has 1 amide bonds. The van der Waals surface area contributed by atoms with Gasteiger partial charge in [-0.25, -0.2) is 4.79 Å². The van der Waals surface area contributed by atoms with E-state index in [1.165, 1.54) is 0 Å². The minimum Gasteiger partial charge on any atom is -0.462 e. The number of nitrogens with two attached hydrogens (primary N) is 1. The standard InChI is InChI=1S/C28H28N2O5/c1-3-14-30-20-13-9-8-12-19(20)28(27(30)33)23-21(31)15-18(17-10-6-5-7-11-17)16-22(23)35-25(29)24(28)26(32)34-4-2/h5-13,18H,3-4,14-16,29H2,1-2H3/t18-,28+/m0/s1. The molecule has 0 saturated heterocycles. The Balaban J connectivity index is 1.76. The fraction of sp³-hybridized carbons (Fsp3) is 0.321. The Morgan fingerprint density at radius 2 is 1.80 bits per heavy atom. The van der Waals surface area contributed by atoms with Gasteiger partial charge in [-0.1, -0.05) is 55.5 Å². The highest BCUT2D eigenvalue weighted by Gasteiger charge is 2.64. The van der Waals surface area contributed by atoms with E-state index in [1.54, 1.807) is 24.0 Å². The SMILES string of the molecule is CCCN1C(=O)[C@]2(C(C(=O)OCC)=C(N)OC3=C2C(=O)C[C@H](c2ccccc2)C3)c2ccccc21. The molecule has 180 valence electrons. The lowest BCUT2D eigenvalue weighted by Crippen LogP contribution is -2.51. The second-order valence-corrected chi connectivity index (χ2v) is 9.02. The number of rotatable bonds is 5. The second-order valence-electron chi connectivity index (χ2n) is 9.02. The normalized spacial score (nSPS) is 23.4. The number of para-hydroxylation sites is 1. The predicted octanol–water partition coefficient (Wildman–Crippen LogP) is 3.85. The van der Waals surface area contributed by atoms with Crippen molar-refractivity contribution in [3.05, 3.63) is 88.5 Å². The Kier molecular flexibility index (Phi) is 5.71.